The second-order valence-electron chi connectivity index (χ2n) is 4.87. The van der Waals surface area contributed by atoms with Gasteiger partial charge in [-0.3, -0.25) is 0 Å². The summed E-state index contributed by atoms with van der Waals surface area (Å²) in [5.74, 6) is -0.300. The minimum atomic E-state index is -4.49. The molecule has 18 heavy (non-hydrogen) atoms. The maximum atomic E-state index is 13.1. The first-order chi connectivity index (χ1) is 8.38. The first kappa shape index (κ1) is 13.3. The monoisotopic (exact) mass is 261 g/mol. The van der Waals surface area contributed by atoms with Crippen LogP contribution in [0.1, 0.15) is 42.9 Å². The van der Waals surface area contributed by atoms with E-state index in [-0.39, 0.29) is 5.56 Å². The maximum absolute atomic E-state index is 13.1. The van der Waals surface area contributed by atoms with E-state index in [0.29, 0.717) is 12.3 Å². The van der Waals surface area contributed by atoms with E-state index >= 15 is 0 Å². The van der Waals surface area contributed by atoms with Gasteiger partial charge in [0.05, 0.1) is 5.56 Å². The van der Waals surface area contributed by atoms with Gasteiger partial charge in [0, 0.05) is 6.04 Å². The second kappa shape index (κ2) is 4.88. The SMILES string of the molecule is NC(CC1CCC1)c1cc(F)ccc1C(F)(F)F. The Morgan fingerprint density at radius 3 is 2.44 bits per heavy atom. The van der Waals surface area contributed by atoms with Crippen LogP contribution in [0.25, 0.3) is 0 Å². The summed E-state index contributed by atoms with van der Waals surface area (Å²) in [6.07, 6.45) is -0.881. The Morgan fingerprint density at radius 1 is 1.28 bits per heavy atom. The Labute approximate surface area is 103 Å². The third-order valence-corrected chi connectivity index (χ3v) is 3.53. The number of rotatable bonds is 3. The Hall–Kier alpha value is -1.10. The molecule has 1 aliphatic rings. The standard InChI is InChI=1S/C13H15F4N/c14-9-4-5-11(13(15,16)17)10(7-9)12(18)6-8-2-1-3-8/h4-5,7-8,12H,1-3,6,18H2. The maximum Gasteiger partial charge on any atom is 0.416 e. The molecule has 0 heterocycles. The summed E-state index contributed by atoms with van der Waals surface area (Å²) in [7, 11) is 0. The molecule has 0 spiro atoms. The van der Waals surface area contributed by atoms with Gasteiger partial charge in [0.2, 0.25) is 0 Å². The van der Waals surface area contributed by atoms with Crippen molar-refractivity contribution < 1.29 is 17.6 Å². The molecule has 1 saturated carbocycles. The fraction of sp³-hybridized carbons (Fsp3) is 0.538. The van der Waals surface area contributed by atoms with Gasteiger partial charge in [0.25, 0.3) is 0 Å². The molecule has 1 aromatic rings. The van der Waals surface area contributed by atoms with Gasteiger partial charge in [-0.15, -0.1) is 0 Å². The molecule has 1 atom stereocenters. The molecule has 2 N–H and O–H groups in total. The van der Waals surface area contributed by atoms with Crippen LogP contribution >= 0.6 is 0 Å². The Kier molecular flexibility index (Phi) is 3.61. The van der Waals surface area contributed by atoms with Crippen LogP contribution in [0.5, 0.6) is 0 Å². The van der Waals surface area contributed by atoms with E-state index in [1.807, 2.05) is 0 Å². The fourth-order valence-corrected chi connectivity index (χ4v) is 2.31. The first-order valence-corrected chi connectivity index (χ1v) is 6.00. The molecular weight excluding hydrogens is 246 g/mol. The molecule has 0 aliphatic heterocycles. The van der Waals surface area contributed by atoms with E-state index in [9.17, 15) is 17.6 Å². The highest BCUT2D eigenvalue weighted by Crippen LogP contribution is 2.39. The van der Waals surface area contributed by atoms with Gasteiger partial charge in [-0.05, 0) is 36.1 Å². The topological polar surface area (TPSA) is 26.0 Å². The van der Waals surface area contributed by atoms with Crippen LogP contribution in [-0.4, -0.2) is 0 Å². The number of halogens is 4. The molecule has 100 valence electrons. The summed E-state index contributed by atoms with van der Waals surface area (Å²) in [5, 5.41) is 0. The van der Waals surface area contributed by atoms with Gasteiger partial charge in [-0.1, -0.05) is 19.3 Å². The minimum absolute atomic E-state index is 0.130. The fourth-order valence-electron chi connectivity index (χ4n) is 2.31. The molecule has 0 radical (unpaired) electrons. The highest BCUT2D eigenvalue weighted by atomic mass is 19.4. The van der Waals surface area contributed by atoms with Crippen molar-refractivity contribution in [1.29, 1.82) is 0 Å². The molecule has 5 heteroatoms. The van der Waals surface area contributed by atoms with Crippen LogP contribution in [0.3, 0.4) is 0 Å². The summed E-state index contributed by atoms with van der Waals surface area (Å²) in [6, 6.07) is 1.75. The van der Waals surface area contributed by atoms with Crippen molar-refractivity contribution in [3.63, 3.8) is 0 Å². The third kappa shape index (κ3) is 2.83. The van der Waals surface area contributed by atoms with E-state index in [0.717, 1.165) is 37.5 Å². The van der Waals surface area contributed by atoms with Crippen LogP contribution in [-0.2, 0) is 6.18 Å². The summed E-state index contributed by atoms with van der Waals surface area (Å²) < 4.78 is 51.5. The van der Waals surface area contributed by atoms with Crippen LogP contribution in [0.15, 0.2) is 18.2 Å². The van der Waals surface area contributed by atoms with Crippen LogP contribution < -0.4 is 5.73 Å². The smallest absolute Gasteiger partial charge is 0.324 e. The lowest BCUT2D eigenvalue weighted by Crippen LogP contribution is -2.23. The summed E-state index contributed by atoms with van der Waals surface area (Å²) in [6.45, 7) is 0. The zero-order valence-corrected chi connectivity index (χ0v) is 9.80. The highest BCUT2D eigenvalue weighted by Gasteiger charge is 2.35. The molecule has 0 aromatic heterocycles. The Balaban J connectivity index is 2.25. The summed E-state index contributed by atoms with van der Waals surface area (Å²) in [5.41, 5.74) is 4.85. The summed E-state index contributed by atoms with van der Waals surface area (Å²) >= 11 is 0. The molecule has 2 rings (SSSR count). The quantitative estimate of drug-likeness (QED) is 0.817. The van der Waals surface area contributed by atoms with Gasteiger partial charge < -0.3 is 5.73 Å². The average Bonchev–Trinajstić information content (AvgIpc) is 2.21. The molecule has 1 aliphatic carbocycles. The lowest BCUT2D eigenvalue weighted by molar-refractivity contribution is -0.138. The molecule has 1 unspecified atom stereocenters. The van der Waals surface area contributed by atoms with Gasteiger partial charge >= 0.3 is 6.18 Å². The lowest BCUT2D eigenvalue weighted by atomic mass is 9.79. The second-order valence-corrected chi connectivity index (χ2v) is 4.87. The van der Waals surface area contributed by atoms with Gasteiger partial charge in [0.15, 0.2) is 0 Å². The molecule has 1 nitrogen and oxygen atoms in total. The Bertz CT molecular complexity index is 423. The largest absolute Gasteiger partial charge is 0.416 e. The van der Waals surface area contributed by atoms with Gasteiger partial charge in [-0.25, -0.2) is 4.39 Å². The van der Waals surface area contributed by atoms with E-state index < -0.39 is 23.6 Å². The zero-order chi connectivity index (χ0) is 13.3. The Morgan fingerprint density at radius 2 is 1.94 bits per heavy atom. The number of hydrogen-bond acceptors (Lipinski definition) is 1. The van der Waals surface area contributed by atoms with Crippen LogP contribution in [0.4, 0.5) is 17.6 Å². The predicted octanol–water partition coefficient (Wildman–Crippen LogP) is 4.03. The van der Waals surface area contributed by atoms with Crippen molar-refractivity contribution in [2.75, 3.05) is 0 Å². The van der Waals surface area contributed by atoms with Crippen molar-refractivity contribution in [2.24, 2.45) is 11.7 Å². The van der Waals surface area contributed by atoms with Crippen molar-refractivity contribution in [3.8, 4) is 0 Å². The van der Waals surface area contributed by atoms with E-state index in [2.05, 4.69) is 0 Å². The lowest BCUT2D eigenvalue weighted by Gasteiger charge is -2.29. The van der Waals surface area contributed by atoms with E-state index in [4.69, 9.17) is 5.73 Å². The van der Waals surface area contributed by atoms with Gasteiger partial charge in [-0.2, -0.15) is 13.2 Å². The molecule has 1 fully saturated rings. The number of alkyl halides is 3. The van der Waals surface area contributed by atoms with E-state index in [1.165, 1.54) is 0 Å². The highest BCUT2D eigenvalue weighted by molar-refractivity contribution is 5.33. The predicted molar refractivity (Wildman–Crippen MR) is 60.3 cm³/mol. The molecular formula is C13H15F4N. The molecule has 0 bridgehead atoms. The minimum Gasteiger partial charge on any atom is -0.324 e. The number of nitrogens with two attached hydrogens (primary N) is 1. The van der Waals surface area contributed by atoms with Crippen LogP contribution in [0, 0.1) is 11.7 Å². The number of benzene rings is 1. The third-order valence-electron chi connectivity index (χ3n) is 3.53. The van der Waals surface area contributed by atoms with Crippen molar-refractivity contribution in [2.45, 2.75) is 37.9 Å². The average molecular weight is 261 g/mol. The zero-order valence-electron chi connectivity index (χ0n) is 9.80. The first-order valence-electron chi connectivity index (χ1n) is 6.00. The van der Waals surface area contributed by atoms with Crippen molar-refractivity contribution in [1.82, 2.24) is 0 Å². The van der Waals surface area contributed by atoms with Crippen molar-refractivity contribution >= 4 is 0 Å². The van der Waals surface area contributed by atoms with E-state index in [1.54, 1.807) is 0 Å². The molecule has 1 aromatic carbocycles. The number of hydrogen-bond donors (Lipinski definition) is 1. The van der Waals surface area contributed by atoms with Gasteiger partial charge in [0.1, 0.15) is 5.82 Å². The normalized spacial score (nSPS) is 18.5. The summed E-state index contributed by atoms with van der Waals surface area (Å²) in [4.78, 5) is 0. The van der Waals surface area contributed by atoms with Crippen LogP contribution in [0.2, 0.25) is 0 Å². The molecule has 0 amide bonds. The molecule has 0 saturated heterocycles. The van der Waals surface area contributed by atoms with Crippen molar-refractivity contribution in [3.05, 3.63) is 35.1 Å².